The van der Waals surface area contributed by atoms with Gasteiger partial charge in [-0.3, -0.25) is 14.9 Å². The van der Waals surface area contributed by atoms with E-state index in [0.29, 0.717) is 12.1 Å². The van der Waals surface area contributed by atoms with E-state index in [4.69, 9.17) is 0 Å². The van der Waals surface area contributed by atoms with E-state index in [2.05, 4.69) is 12.2 Å². The number of nitrogens with one attached hydrogen (secondary N) is 1. The Labute approximate surface area is 158 Å². The van der Waals surface area contributed by atoms with Gasteiger partial charge in [0.15, 0.2) is 0 Å². The minimum absolute atomic E-state index is 0.0270. The zero-order valence-electron chi connectivity index (χ0n) is 15.1. The summed E-state index contributed by atoms with van der Waals surface area (Å²) in [5.74, 6) is -0.0999. The number of nitrogens with zero attached hydrogens (tertiary/aromatic N) is 1. The molecule has 0 bridgehead atoms. The van der Waals surface area contributed by atoms with Crippen LogP contribution in [-0.4, -0.2) is 19.2 Å². The molecule has 2 rings (SSSR count). The maximum absolute atomic E-state index is 12.6. The monoisotopic (exact) mass is 390 g/mol. The number of rotatable bonds is 9. The Morgan fingerprint density at radius 1 is 0.963 bits per heavy atom. The van der Waals surface area contributed by atoms with Crippen LogP contribution in [-0.2, 0) is 14.6 Å². The van der Waals surface area contributed by atoms with E-state index < -0.39 is 14.8 Å². The average molecular weight is 390 g/mol. The number of non-ortho nitro benzene ring substituents is 1. The lowest BCUT2D eigenvalue weighted by Gasteiger charge is -2.08. The van der Waals surface area contributed by atoms with Crippen molar-refractivity contribution in [1.29, 1.82) is 0 Å². The Morgan fingerprint density at radius 2 is 1.52 bits per heavy atom. The molecule has 1 amide bonds. The van der Waals surface area contributed by atoms with Crippen LogP contribution >= 0.6 is 0 Å². The first-order chi connectivity index (χ1) is 12.8. The number of benzene rings is 2. The quantitative estimate of drug-likeness (QED) is 0.389. The topological polar surface area (TPSA) is 106 Å². The Bertz CT molecular complexity index is 891. The summed E-state index contributed by atoms with van der Waals surface area (Å²) in [4.78, 5) is 22.0. The van der Waals surface area contributed by atoms with Crippen molar-refractivity contribution in [3.05, 3.63) is 58.6 Å². The molecule has 2 aromatic rings. The maximum atomic E-state index is 12.6. The van der Waals surface area contributed by atoms with Gasteiger partial charge in [-0.1, -0.05) is 26.2 Å². The molecule has 8 heteroatoms. The van der Waals surface area contributed by atoms with E-state index in [1.54, 1.807) is 0 Å². The smallest absolute Gasteiger partial charge is 0.269 e. The molecule has 27 heavy (non-hydrogen) atoms. The van der Waals surface area contributed by atoms with Crippen LogP contribution in [0.4, 0.5) is 11.4 Å². The largest absolute Gasteiger partial charge is 0.326 e. The summed E-state index contributed by atoms with van der Waals surface area (Å²) in [5, 5.41) is 13.4. The van der Waals surface area contributed by atoms with Gasteiger partial charge >= 0.3 is 0 Å². The summed E-state index contributed by atoms with van der Waals surface area (Å²) < 4.78 is 25.2. The summed E-state index contributed by atoms with van der Waals surface area (Å²) in [6.07, 6.45) is 4.47. The van der Waals surface area contributed by atoms with Crippen LogP contribution < -0.4 is 5.32 Å². The molecular weight excluding hydrogens is 368 g/mol. The Hall–Kier alpha value is -2.74. The highest BCUT2D eigenvalue weighted by atomic mass is 32.2. The van der Waals surface area contributed by atoms with Gasteiger partial charge in [0.25, 0.3) is 5.69 Å². The van der Waals surface area contributed by atoms with Gasteiger partial charge in [0, 0.05) is 24.2 Å². The zero-order chi connectivity index (χ0) is 19.9. The first-order valence-corrected chi connectivity index (χ1v) is 10.2. The van der Waals surface area contributed by atoms with Gasteiger partial charge in [-0.05, 0) is 42.8 Å². The van der Waals surface area contributed by atoms with Gasteiger partial charge in [0.2, 0.25) is 15.7 Å². The van der Waals surface area contributed by atoms with Crippen molar-refractivity contribution in [2.24, 2.45) is 0 Å². The van der Waals surface area contributed by atoms with Gasteiger partial charge in [-0.15, -0.1) is 0 Å². The van der Waals surface area contributed by atoms with Crippen molar-refractivity contribution < 1.29 is 18.1 Å². The fourth-order valence-electron chi connectivity index (χ4n) is 2.54. The molecule has 0 unspecified atom stereocenters. The zero-order valence-corrected chi connectivity index (χ0v) is 15.9. The highest BCUT2D eigenvalue weighted by Crippen LogP contribution is 2.24. The van der Waals surface area contributed by atoms with Crippen molar-refractivity contribution in [3.8, 4) is 0 Å². The van der Waals surface area contributed by atoms with Crippen molar-refractivity contribution in [3.63, 3.8) is 0 Å². The van der Waals surface area contributed by atoms with Crippen molar-refractivity contribution in [2.45, 2.75) is 48.8 Å². The minimum Gasteiger partial charge on any atom is -0.326 e. The summed E-state index contributed by atoms with van der Waals surface area (Å²) >= 11 is 0. The highest BCUT2D eigenvalue weighted by molar-refractivity contribution is 7.91. The second-order valence-electron chi connectivity index (χ2n) is 6.14. The number of nitro groups is 1. The standard InChI is InChI=1S/C19H22N2O5S/c1-2-3-4-5-6-19(22)20-15-7-11-17(12-8-15)27(25,26)18-13-9-16(10-14-18)21(23)24/h7-14H,2-6H2,1H3,(H,20,22). The number of sulfone groups is 1. The molecule has 0 saturated carbocycles. The minimum atomic E-state index is -3.78. The lowest BCUT2D eigenvalue weighted by Crippen LogP contribution is -2.11. The fourth-order valence-corrected chi connectivity index (χ4v) is 3.80. The number of unbranched alkanes of at least 4 members (excludes halogenated alkanes) is 3. The lowest BCUT2D eigenvalue weighted by atomic mass is 10.1. The molecule has 2 aromatic carbocycles. The third-order valence-electron chi connectivity index (χ3n) is 4.06. The second-order valence-corrected chi connectivity index (χ2v) is 8.09. The molecule has 0 aromatic heterocycles. The lowest BCUT2D eigenvalue weighted by molar-refractivity contribution is -0.384. The van der Waals surface area contributed by atoms with Gasteiger partial charge < -0.3 is 5.32 Å². The van der Waals surface area contributed by atoms with Crippen LogP contribution in [0.1, 0.15) is 39.0 Å². The normalized spacial score (nSPS) is 11.1. The SMILES string of the molecule is CCCCCCC(=O)Nc1ccc(S(=O)(=O)c2ccc([N+](=O)[O-])cc2)cc1. The van der Waals surface area contributed by atoms with Crippen LogP contribution in [0, 0.1) is 10.1 Å². The van der Waals surface area contributed by atoms with Gasteiger partial charge in [-0.2, -0.15) is 0 Å². The fraction of sp³-hybridized carbons (Fsp3) is 0.316. The summed E-state index contributed by atoms with van der Waals surface area (Å²) in [6.45, 7) is 2.10. The van der Waals surface area contributed by atoms with Crippen molar-refractivity contribution in [2.75, 3.05) is 5.32 Å². The predicted octanol–water partition coefficient (Wildman–Crippen LogP) is 4.34. The molecule has 0 aliphatic carbocycles. The van der Waals surface area contributed by atoms with E-state index in [9.17, 15) is 23.3 Å². The first kappa shape index (κ1) is 20.6. The average Bonchev–Trinajstić information content (AvgIpc) is 2.66. The van der Waals surface area contributed by atoms with E-state index in [1.807, 2.05) is 0 Å². The molecule has 0 heterocycles. The van der Waals surface area contributed by atoms with Gasteiger partial charge in [0.05, 0.1) is 14.7 Å². The number of anilines is 1. The molecule has 0 aliphatic rings. The predicted molar refractivity (Wildman–Crippen MR) is 102 cm³/mol. The number of carbonyl (C=O) groups excluding carboxylic acids is 1. The van der Waals surface area contributed by atoms with Gasteiger partial charge in [-0.25, -0.2) is 8.42 Å². The van der Waals surface area contributed by atoms with E-state index in [0.717, 1.165) is 37.8 Å². The molecule has 0 fully saturated rings. The van der Waals surface area contributed by atoms with Crippen molar-refractivity contribution >= 4 is 27.1 Å². The third kappa shape index (κ3) is 5.62. The van der Waals surface area contributed by atoms with Gasteiger partial charge in [0.1, 0.15) is 0 Å². The molecule has 0 spiro atoms. The number of hydrogen-bond acceptors (Lipinski definition) is 5. The summed E-state index contributed by atoms with van der Waals surface area (Å²) in [7, 11) is -3.78. The second kappa shape index (κ2) is 9.27. The first-order valence-electron chi connectivity index (χ1n) is 8.74. The summed E-state index contributed by atoms with van der Waals surface area (Å²) in [5.41, 5.74) is 0.351. The number of amides is 1. The van der Waals surface area contributed by atoms with Crippen LogP contribution in [0.5, 0.6) is 0 Å². The summed E-state index contributed by atoms with van der Waals surface area (Å²) in [6, 6.07) is 10.6. The molecule has 0 saturated heterocycles. The van der Waals surface area contributed by atoms with Crippen LogP contribution in [0.2, 0.25) is 0 Å². The molecule has 0 aliphatic heterocycles. The number of nitro benzene ring substituents is 1. The molecule has 0 atom stereocenters. The third-order valence-corrected chi connectivity index (χ3v) is 5.85. The van der Waals surface area contributed by atoms with Crippen LogP contribution in [0.15, 0.2) is 58.3 Å². The van der Waals surface area contributed by atoms with Crippen LogP contribution in [0.3, 0.4) is 0 Å². The number of hydrogen-bond donors (Lipinski definition) is 1. The molecule has 0 radical (unpaired) electrons. The number of carbonyl (C=O) groups is 1. The van der Waals surface area contributed by atoms with E-state index in [1.165, 1.54) is 36.4 Å². The Morgan fingerprint density at radius 3 is 2.04 bits per heavy atom. The van der Waals surface area contributed by atoms with E-state index in [-0.39, 0.29) is 21.4 Å². The Balaban J connectivity index is 2.05. The molecule has 144 valence electrons. The highest BCUT2D eigenvalue weighted by Gasteiger charge is 2.19. The van der Waals surface area contributed by atoms with Crippen LogP contribution in [0.25, 0.3) is 0 Å². The van der Waals surface area contributed by atoms with E-state index >= 15 is 0 Å². The molecule has 1 N–H and O–H groups in total. The molecular formula is C19H22N2O5S. The molecule has 7 nitrogen and oxygen atoms in total. The Kier molecular flexibility index (Phi) is 7.06. The van der Waals surface area contributed by atoms with Crippen molar-refractivity contribution in [1.82, 2.24) is 0 Å². The maximum Gasteiger partial charge on any atom is 0.269 e.